The van der Waals surface area contributed by atoms with E-state index in [1.165, 1.54) is 11.8 Å². The molecule has 0 bridgehead atoms. The number of para-hydroxylation sites is 1. The van der Waals surface area contributed by atoms with Crippen molar-refractivity contribution in [3.05, 3.63) is 76.0 Å². The average Bonchev–Trinajstić information content (AvgIpc) is 3.10. The van der Waals surface area contributed by atoms with Crippen molar-refractivity contribution < 1.29 is 9.53 Å². The summed E-state index contributed by atoms with van der Waals surface area (Å²) in [7, 11) is 0. The number of halogens is 2. The van der Waals surface area contributed by atoms with Crippen LogP contribution in [0, 0.1) is 13.8 Å². The molecule has 3 rings (SSSR count). The molecule has 0 aliphatic carbocycles. The van der Waals surface area contributed by atoms with Crippen LogP contribution in [0.15, 0.2) is 54.2 Å². The molecule has 2 aromatic carbocycles. The van der Waals surface area contributed by atoms with Crippen molar-refractivity contribution in [1.29, 1.82) is 0 Å². The summed E-state index contributed by atoms with van der Waals surface area (Å²) in [5.41, 5.74) is 2.89. The number of nitrogens with one attached hydrogen (secondary N) is 1. The van der Waals surface area contributed by atoms with Gasteiger partial charge in [0.05, 0.1) is 10.8 Å². The summed E-state index contributed by atoms with van der Waals surface area (Å²) in [4.78, 5) is 12.5. The Balaban J connectivity index is 1.65. The number of amides is 1. The number of aryl methyl sites for hydroxylation is 2. The maximum absolute atomic E-state index is 12.5. The minimum absolute atomic E-state index is 0.110. The molecule has 1 amide bonds. The number of rotatable bonds is 9. The lowest BCUT2D eigenvalue weighted by molar-refractivity contribution is -0.113. The second-order valence-electron chi connectivity index (χ2n) is 6.77. The molecular weight excluding hydrogens is 455 g/mol. The molecular formula is C22H22Cl2N4O2S. The average molecular weight is 477 g/mol. The number of hydrogen-bond acceptors (Lipinski definition) is 5. The number of nitrogens with zero attached hydrogens (tertiary/aromatic N) is 3. The Labute approximate surface area is 195 Å². The van der Waals surface area contributed by atoms with Crippen LogP contribution < -0.4 is 10.1 Å². The Kier molecular flexibility index (Phi) is 8.01. The molecule has 0 saturated carbocycles. The van der Waals surface area contributed by atoms with Gasteiger partial charge in [-0.25, -0.2) is 0 Å². The minimum atomic E-state index is -0.110. The van der Waals surface area contributed by atoms with E-state index in [0.717, 1.165) is 16.8 Å². The first-order chi connectivity index (χ1) is 14.9. The Morgan fingerprint density at radius 3 is 2.65 bits per heavy atom. The van der Waals surface area contributed by atoms with Crippen LogP contribution in [-0.2, 0) is 17.9 Å². The van der Waals surface area contributed by atoms with Gasteiger partial charge in [0.15, 0.2) is 11.0 Å². The maximum Gasteiger partial charge on any atom is 0.234 e. The summed E-state index contributed by atoms with van der Waals surface area (Å²) < 4.78 is 7.63. The van der Waals surface area contributed by atoms with Gasteiger partial charge in [-0.2, -0.15) is 0 Å². The number of thioether (sulfide) groups is 1. The lowest BCUT2D eigenvalue weighted by Gasteiger charge is -2.12. The van der Waals surface area contributed by atoms with Gasteiger partial charge < -0.3 is 10.1 Å². The van der Waals surface area contributed by atoms with Gasteiger partial charge >= 0.3 is 0 Å². The predicted octanol–water partition coefficient (Wildman–Crippen LogP) is 5.70. The zero-order valence-corrected chi connectivity index (χ0v) is 19.5. The fourth-order valence-electron chi connectivity index (χ4n) is 2.90. The van der Waals surface area contributed by atoms with Gasteiger partial charge in [-0.1, -0.05) is 59.2 Å². The largest absolute Gasteiger partial charge is 0.484 e. The molecule has 0 aliphatic heterocycles. The van der Waals surface area contributed by atoms with Crippen LogP contribution in [0.25, 0.3) is 0 Å². The Morgan fingerprint density at radius 1 is 1.23 bits per heavy atom. The van der Waals surface area contributed by atoms with Gasteiger partial charge in [0, 0.05) is 17.3 Å². The van der Waals surface area contributed by atoms with Crippen LogP contribution in [0.2, 0.25) is 10.0 Å². The van der Waals surface area contributed by atoms with Crippen molar-refractivity contribution in [1.82, 2.24) is 14.8 Å². The zero-order chi connectivity index (χ0) is 22.4. The van der Waals surface area contributed by atoms with E-state index in [1.807, 2.05) is 36.6 Å². The van der Waals surface area contributed by atoms with Crippen LogP contribution in [0.1, 0.15) is 17.0 Å². The van der Waals surface area contributed by atoms with E-state index >= 15 is 0 Å². The van der Waals surface area contributed by atoms with E-state index in [0.29, 0.717) is 33.3 Å². The first kappa shape index (κ1) is 23.2. The summed E-state index contributed by atoms with van der Waals surface area (Å²) >= 11 is 13.4. The molecule has 0 saturated heterocycles. The van der Waals surface area contributed by atoms with Gasteiger partial charge in [0.25, 0.3) is 0 Å². The highest BCUT2D eigenvalue weighted by Gasteiger charge is 2.15. The molecule has 9 heteroatoms. The number of carbonyl (C=O) groups is 1. The number of anilines is 1. The van der Waals surface area contributed by atoms with Crippen molar-refractivity contribution in [3.8, 4) is 5.75 Å². The first-order valence-corrected chi connectivity index (χ1v) is 11.2. The number of allylic oxidation sites excluding steroid dienone is 1. The summed E-state index contributed by atoms with van der Waals surface area (Å²) in [5, 5.41) is 13.0. The van der Waals surface area contributed by atoms with E-state index in [4.69, 9.17) is 27.9 Å². The highest BCUT2D eigenvalue weighted by atomic mass is 35.5. The molecule has 6 nitrogen and oxygen atoms in total. The van der Waals surface area contributed by atoms with E-state index in [9.17, 15) is 4.79 Å². The molecule has 3 aromatic rings. The van der Waals surface area contributed by atoms with Crippen molar-refractivity contribution in [2.45, 2.75) is 32.2 Å². The Hall–Kier alpha value is -2.48. The summed E-state index contributed by atoms with van der Waals surface area (Å²) in [6, 6.07) is 10.9. The van der Waals surface area contributed by atoms with Gasteiger partial charge in [0.2, 0.25) is 5.91 Å². The predicted molar refractivity (Wildman–Crippen MR) is 126 cm³/mol. The molecule has 1 heterocycles. The number of ether oxygens (including phenoxy) is 1. The smallest absolute Gasteiger partial charge is 0.234 e. The maximum atomic E-state index is 12.5. The third kappa shape index (κ3) is 6.03. The Morgan fingerprint density at radius 2 is 1.97 bits per heavy atom. The van der Waals surface area contributed by atoms with Crippen LogP contribution in [-0.4, -0.2) is 26.4 Å². The molecule has 0 aliphatic rings. The molecule has 1 N–H and O–H groups in total. The SMILES string of the molecule is C=CCn1c(COc2ccc(Cl)cc2Cl)nnc1SCC(=O)Nc1c(C)cccc1C. The molecule has 162 valence electrons. The van der Waals surface area contributed by atoms with Gasteiger partial charge in [-0.05, 0) is 43.2 Å². The number of hydrogen-bond donors (Lipinski definition) is 1. The fraction of sp³-hybridized carbons (Fsp3) is 0.227. The van der Waals surface area contributed by atoms with Crippen molar-refractivity contribution >= 4 is 46.6 Å². The molecule has 1 aromatic heterocycles. The number of benzene rings is 2. The number of aromatic nitrogens is 3. The van der Waals surface area contributed by atoms with E-state index in [2.05, 4.69) is 22.1 Å². The first-order valence-electron chi connectivity index (χ1n) is 9.48. The third-order valence-electron chi connectivity index (χ3n) is 4.43. The fourth-order valence-corrected chi connectivity index (χ4v) is 4.13. The second-order valence-corrected chi connectivity index (χ2v) is 8.55. The Bertz CT molecular complexity index is 1080. The quantitative estimate of drug-likeness (QED) is 0.316. The number of carbonyl (C=O) groups excluding carboxylic acids is 1. The van der Waals surface area contributed by atoms with Crippen LogP contribution in [0.5, 0.6) is 5.75 Å². The topological polar surface area (TPSA) is 69.0 Å². The highest BCUT2D eigenvalue weighted by Crippen LogP contribution is 2.28. The van der Waals surface area contributed by atoms with Crippen LogP contribution >= 0.6 is 35.0 Å². The standard InChI is InChI=1S/C22H22Cl2N4O2S/c1-4-10-28-19(12-30-18-9-8-16(23)11-17(18)24)26-27-22(28)31-13-20(29)25-21-14(2)6-5-7-15(21)3/h4-9,11H,1,10,12-13H2,2-3H3,(H,25,29). The van der Waals surface area contributed by atoms with Crippen molar-refractivity contribution in [2.24, 2.45) is 0 Å². The molecule has 0 fully saturated rings. The lowest BCUT2D eigenvalue weighted by atomic mass is 10.1. The molecule has 0 radical (unpaired) electrons. The summed E-state index contributed by atoms with van der Waals surface area (Å²) in [5.74, 6) is 1.19. The molecule has 31 heavy (non-hydrogen) atoms. The van der Waals surface area contributed by atoms with E-state index in [1.54, 1.807) is 24.3 Å². The molecule has 0 atom stereocenters. The van der Waals surface area contributed by atoms with Crippen molar-refractivity contribution in [2.75, 3.05) is 11.1 Å². The normalized spacial score (nSPS) is 10.7. The minimum Gasteiger partial charge on any atom is -0.484 e. The second kappa shape index (κ2) is 10.7. The van der Waals surface area contributed by atoms with Gasteiger partial charge in [-0.15, -0.1) is 16.8 Å². The van der Waals surface area contributed by atoms with E-state index in [-0.39, 0.29) is 18.3 Å². The van der Waals surface area contributed by atoms with Crippen LogP contribution in [0.3, 0.4) is 0 Å². The monoisotopic (exact) mass is 476 g/mol. The van der Waals surface area contributed by atoms with Crippen molar-refractivity contribution in [3.63, 3.8) is 0 Å². The lowest BCUT2D eigenvalue weighted by Crippen LogP contribution is -2.16. The zero-order valence-electron chi connectivity index (χ0n) is 17.2. The molecule has 0 spiro atoms. The molecule has 0 unspecified atom stereocenters. The summed E-state index contributed by atoms with van der Waals surface area (Å²) in [6.45, 7) is 8.38. The van der Waals surface area contributed by atoms with Gasteiger partial charge in [-0.3, -0.25) is 9.36 Å². The van der Waals surface area contributed by atoms with Crippen LogP contribution in [0.4, 0.5) is 5.69 Å². The van der Waals surface area contributed by atoms with E-state index < -0.39 is 0 Å². The highest BCUT2D eigenvalue weighted by molar-refractivity contribution is 7.99. The van der Waals surface area contributed by atoms with Gasteiger partial charge in [0.1, 0.15) is 12.4 Å². The summed E-state index contributed by atoms with van der Waals surface area (Å²) in [6.07, 6.45) is 1.74. The third-order valence-corrected chi connectivity index (χ3v) is 5.93.